The maximum absolute atomic E-state index is 13.1. The van der Waals surface area contributed by atoms with Gasteiger partial charge in [-0.2, -0.15) is 0 Å². The van der Waals surface area contributed by atoms with Crippen LogP contribution in [0.3, 0.4) is 0 Å². The minimum atomic E-state index is -1.34. The molecule has 0 aromatic heterocycles. The molecule has 36 heavy (non-hydrogen) atoms. The molecule has 0 bridgehead atoms. The van der Waals surface area contributed by atoms with E-state index in [1.807, 2.05) is 44.2 Å². The molecule has 0 heterocycles. The summed E-state index contributed by atoms with van der Waals surface area (Å²) in [5, 5.41) is 39.3. The van der Waals surface area contributed by atoms with E-state index in [1.165, 1.54) is 0 Å². The lowest BCUT2D eigenvalue weighted by atomic mass is 9.62. The summed E-state index contributed by atoms with van der Waals surface area (Å²) in [6.07, 6.45) is 3.34. The molecule has 6 nitrogen and oxygen atoms in total. The number of carbonyl (C=O) groups is 2. The number of fused-ring (bicyclic) bond motifs is 1. The number of aliphatic hydroxyl groups is 2. The van der Waals surface area contributed by atoms with Crippen LogP contribution in [0.1, 0.15) is 109 Å². The normalized spacial score (nSPS) is 21.0. The quantitative estimate of drug-likeness (QED) is 0.332. The summed E-state index contributed by atoms with van der Waals surface area (Å²) in [5.41, 5.74) is 4.60. The molecule has 0 saturated heterocycles. The van der Waals surface area contributed by atoms with Crippen molar-refractivity contribution in [1.29, 1.82) is 0 Å². The van der Waals surface area contributed by atoms with Crippen LogP contribution in [0.25, 0.3) is 0 Å². The van der Waals surface area contributed by atoms with Crippen LogP contribution in [-0.4, -0.2) is 45.6 Å². The second kappa shape index (κ2) is 11.6. The van der Waals surface area contributed by atoms with Crippen molar-refractivity contribution >= 4 is 11.9 Å². The maximum atomic E-state index is 13.1. The van der Waals surface area contributed by atoms with Crippen molar-refractivity contribution in [3.8, 4) is 0 Å². The topological polar surface area (TPSA) is 115 Å². The number of hydrogen-bond donors (Lipinski definition) is 4. The fourth-order valence-corrected chi connectivity index (χ4v) is 6.03. The molecule has 4 N–H and O–H groups in total. The molecule has 0 unspecified atom stereocenters. The number of aliphatic carboxylic acids is 2. The Hall–Kier alpha value is -2.70. The van der Waals surface area contributed by atoms with Gasteiger partial charge >= 0.3 is 11.9 Å². The molecular weight excluding hydrogens is 456 g/mol. The van der Waals surface area contributed by atoms with Gasteiger partial charge in [-0.15, -0.1) is 0 Å². The lowest BCUT2D eigenvalue weighted by Crippen LogP contribution is -2.42. The highest BCUT2D eigenvalue weighted by Crippen LogP contribution is 2.49. The molecule has 0 saturated carbocycles. The van der Waals surface area contributed by atoms with Crippen molar-refractivity contribution in [2.75, 3.05) is 13.2 Å². The zero-order valence-corrected chi connectivity index (χ0v) is 21.9. The van der Waals surface area contributed by atoms with Gasteiger partial charge in [-0.3, -0.25) is 9.59 Å². The third-order valence-electron chi connectivity index (χ3n) is 8.17. The molecule has 4 atom stereocenters. The predicted molar refractivity (Wildman–Crippen MR) is 140 cm³/mol. The van der Waals surface area contributed by atoms with Crippen molar-refractivity contribution in [3.05, 3.63) is 69.3 Å². The number of carboxylic acids is 2. The molecule has 1 aliphatic rings. The van der Waals surface area contributed by atoms with E-state index < -0.39 is 23.3 Å². The molecule has 0 spiro atoms. The van der Waals surface area contributed by atoms with Crippen LogP contribution in [0.2, 0.25) is 0 Å². The van der Waals surface area contributed by atoms with Crippen LogP contribution in [0.4, 0.5) is 0 Å². The fourth-order valence-electron chi connectivity index (χ4n) is 6.03. The Morgan fingerprint density at radius 2 is 1.50 bits per heavy atom. The SMILES string of the molecule is Cc1ccc([C@@]2(C(=O)O)CC[C@H](C(=O)O)c3cc([C@@H](C)CCCO)c(C)cc32)cc1[C@@H](C)CCCO. The Bertz CT molecular complexity index is 1110. The van der Waals surface area contributed by atoms with Crippen LogP contribution in [0.5, 0.6) is 0 Å². The van der Waals surface area contributed by atoms with Crippen LogP contribution in [0, 0.1) is 13.8 Å². The second-order valence-corrected chi connectivity index (χ2v) is 10.5. The molecule has 0 fully saturated rings. The van der Waals surface area contributed by atoms with Crippen LogP contribution >= 0.6 is 0 Å². The number of hydrogen-bond acceptors (Lipinski definition) is 4. The second-order valence-electron chi connectivity index (χ2n) is 10.5. The third kappa shape index (κ3) is 5.21. The largest absolute Gasteiger partial charge is 0.481 e. The minimum Gasteiger partial charge on any atom is -0.481 e. The van der Waals surface area contributed by atoms with Crippen molar-refractivity contribution in [2.45, 2.75) is 89.4 Å². The Morgan fingerprint density at radius 3 is 2.03 bits per heavy atom. The highest BCUT2D eigenvalue weighted by molar-refractivity contribution is 5.89. The van der Waals surface area contributed by atoms with Crippen LogP contribution in [0.15, 0.2) is 30.3 Å². The van der Waals surface area contributed by atoms with Crippen molar-refractivity contribution < 1.29 is 30.0 Å². The van der Waals surface area contributed by atoms with Gasteiger partial charge in [0.25, 0.3) is 0 Å². The molecule has 0 amide bonds. The summed E-state index contributed by atoms with van der Waals surface area (Å²) in [6, 6.07) is 9.65. The summed E-state index contributed by atoms with van der Waals surface area (Å²) >= 11 is 0. The number of benzene rings is 2. The van der Waals surface area contributed by atoms with Gasteiger partial charge in [0.05, 0.1) is 5.92 Å². The van der Waals surface area contributed by atoms with Crippen LogP contribution in [-0.2, 0) is 15.0 Å². The third-order valence-corrected chi connectivity index (χ3v) is 8.17. The molecule has 1 aliphatic carbocycles. The van der Waals surface area contributed by atoms with E-state index in [1.54, 1.807) is 0 Å². The molecular formula is C30H40O6. The van der Waals surface area contributed by atoms with E-state index in [-0.39, 0.29) is 37.9 Å². The zero-order chi connectivity index (χ0) is 26.6. The van der Waals surface area contributed by atoms with Gasteiger partial charge in [0.15, 0.2) is 0 Å². The van der Waals surface area contributed by atoms with Gasteiger partial charge in [0.1, 0.15) is 5.41 Å². The van der Waals surface area contributed by atoms with Gasteiger partial charge in [0.2, 0.25) is 0 Å². The fraction of sp³-hybridized carbons (Fsp3) is 0.533. The number of rotatable bonds is 11. The highest BCUT2D eigenvalue weighted by Gasteiger charge is 2.49. The molecule has 196 valence electrons. The van der Waals surface area contributed by atoms with Crippen molar-refractivity contribution in [1.82, 2.24) is 0 Å². The lowest BCUT2D eigenvalue weighted by Gasteiger charge is -2.40. The van der Waals surface area contributed by atoms with E-state index in [4.69, 9.17) is 0 Å². The smallest absolute Gasteiger partial charge is 0.318 e. The van der Waals surface area contributed by atoms with Gasteiger partial charge < -0.3 is 20.4 Å². The summed E-state index contributed by atoms with van der Waals surface area (Å²) < 4.78 is 0. The van der Waals surface area contributed by atoms with Gasteiger partial charge in [-0.1, -0.05) is 44.2 Å². The Balaban J connectivity index is 2.23. The average molecular weight is 497 g/mol. The summed E-state index contributed by atoms with van der Waals surface area (Å²) in [4.78, 5) is 25.4. The minimum absolute atomic E-state index is 0.0979. The molecule has 2 aromatic rings. The van der Waals surface area contributed by atoms with E-state index in [9.17, 15) is 30.0 Å². The van der Waals surface area contributed by atoms with Crippen LogP contribution < -0.4 is 0 Å². The molecule has 2 aromatic carbocycles. The first-order valence-corrected chi connectivity index (χ1v) is 13.0. The van der Waals surface area contributed by atoms with Gasteiger partial charge in [-0.05, 0) is 103 Å². The predicted octanol–water partition coefficient (Wildman–Crippen LogP) is 5.39. The highest BCUT2D eigenvalue weighted by atomic mass is 16.4. The lowest BCUT2D eigenvalue weighted by molar-refractivity contribution is -0.145. The molecule has 3 rings (SSSR count). The zero-order valence-electron chi connectivity index (χ0n) is 21.9. The Kier molecular flexibility index (Phi) is 8.96. The van der Waals surface area contributed by atoms with Gasteiger partial charge in [-0.25, -0.2) is 0 Å². The first-order valence-electron chi connectivity index (χ1n) is 13.0. The maximum Gasteiger partial charge on any atom is 0.318 e. The summed E-state index contributed by atoms with van der Waals surface area (Å²) in [7, 11) is 0. The van der Waals surface area contributed by atoms with E-state index in [0.717, 1.165) is 35.1 Å². The first kappa shape index (κ1) is 27.9. The summed E-state index contributed by atoms with van der Waals surface area (Å²) in [6.45, 7) is 8.34. The van der Waals surface area contributed by atoms with E-state index in [0.29, 0.717) is 29.5 Å². The van der Waals surface area contributed by atoms with E-state index >= 15 is 0 Å². The monoisotopic (exact) mass is 496 g/mol. The number of aliphatic hydroxyl groups excluding tert-OH is 2. The van der Waals surface area contributed by atoms with Gasteiger partial charge in [0, 0.05) is 13.2 Å². The summed E-state index contributed by atoms with van der Waals surface area (Å²) in [5.74, 6) is -2.38. The number of aryl methyl sites for hydroxylation is 2. The van der Waals surface area contributed by atoms with Crippen molar-refractivity contribution in [2.24, 2.45) is 0 Å². The van der Waals surface area contributed by atoms with Crippen molar-refractivity contribution in [3.63, 3.8) is 0 Å². The first-order chi connectivity index (χ1) is 17.1. The van der Waals surface area contributed by atoms with E-state index in [2.05, 4.69) is 13.8 Å². The Morgan fingerprint density at radius 1 is 0.917 bits per heavy atom. The number of carboxylic acid groups (broad SMARTS) is 2. The Labute approximate surface area is 214 Å². The molecule has 0 radical (unpaired) electrons. The standard InChI is InChI=1S/C30H40O6/c1-18(7-5-13-31)24-16-22(10-9-20(24)3)30(29(35)36)12-11-23(28(33)34)26-17-25(19(2)8-6-14-32)21(4)15-27(26)30/h9-10,15-19,23,31-32H,5-8,11-14H2,1-4H3,(H,33,34)(H,35,36)/t18-,19-,23-,30-/m0/s1. The molecule has 0 aliphatic heterocycles. The molecule has 6 heteroatoms. The average Bonchev–Trinajstić information content (AvgIpc) is 2.84.